The average Bonchev–Trinajstić information content (AvgIpc) is 2.84. The quantitative estimate of drug-likeness (QED) is 0.573. The highest BCUT2D eigenvalue weighted by Gasteiger charge is 2.31. The maximum absolute atomic E-state index is 12.7. The van der Waals surface area contributed by atoms with Crippen molar-refractivity contribution in [2.45, 2.75) is 18.8 Å². The molecule has 96 valence electrons. The average molecular weight is 384 g/mol. The largest absolute Gasteiger partial charge is 0.293 e. The highest BCUT2D eigenvalue weighted by Crippen LogP contribution is 2.35. The molecule has 1 heterocycles. The summed E-state index contributed by atoms with van der Waals surface area (Å²) in [6.07, 6.45) is 3.53. The fourth-order valence-corrected chi connectivity index (χ4v) is 3.32. The Balaban J connectivity index is 2.00. The van der Waals surface area contributed by atoms with Crippen molar-refractivity contribution in [1.29, 1.82) is 0 Å². The molecule has 2 nitrogen and oxygen atoms in total. The van der Waals surface area contributed by atoms with Crippen LogP contribution in [0.1, 0.15) is 34.0 Å². The maximum atomic E-state index is 12.7. The zero-order valence-corrected chi connectivity index (χ0v) is 13.0. The van der Waals surface area contributed by atoms with Gasteiger partial charge in [-0.1, -0.05) is 17.7 Å². The minimum atomic E-state index is -0.122. The van der Waals surface area contributed by atoms with Crippen LogP contribution in [-0.2, 0) is 6.42 Å². The number of carbonyl (C=O) groups is 1. The van der Waals surface area contributed by atoms with E-state index in [2.05, 4.69) is 33.6 Å². The normalized spacial score (nSPS) is 17.3. The summed E-state index contributed by atoms with van der Waals surface area (Å²) in [4.78, 5) is 17.1. The molecule has 0 spiro atoms. The van der Waals surface area contributed by atoms with Gasteiger partial charge in [-0.3, -0.25) is 9.78 Å². The van der Waals surface area contributed by atoms with E-state index in [0.29, 0.717) is 10.6 Å². The number of nitrogens with zero attached hydrogens (tertiary/aromatic N) is 1. The number of hydrogen-bond acceptors (Lipinski definition) is 2. The van der Waals surface area contributed by atoms with E-state index in [1.807, 2.05) is 12.1 Å². The molecule has 0 aliphatic heterocycles. The summed E-state index contributed by atoms with van der Waals surface area (Å²) in [5.74, 6) is 0.00697. The van der Waals surface area contributed by atoms with Crippen LogP contribution in [0, 0.1) is 3.57 Å². The third kappa shape index (κ3) is 2.41. The van der Waals surface area contributed by atoms with Gasteiger partial charge in [0, 0.05) is 20.4 Å². The second-order valence-corrected chi connectivity index (χ2v) is 6.23. The summed E-state index contributed by atoms with van der Waals surface area (Å²) in [7, 11) is 0. The van der Waals surface area contributed by atoms with Crippen LogP contribution in [0.2, 0.25) is 5.02 Å². The number of Topliss-reactive ketones (excluding diaryl/α,β-unsaturated/α-hetero) is 1. The number of carbonyl (C=O) groups excluding carboxylic acids is 1. The van der Waals surface area contributed by atoms with Gasteiger partial charge in [0.05, 0.1) is 11.6 Å². The molecule has 0 fully saturated rings. The molecule has 0 N–H and O–H groups in total. The molecule has 19 heavy (non-hydrogen) atoms. The van der Waals surface area contributed by atoms with Gasteiger partial charge in [-0.15, -0.1) is 0 Å². The number of pyridine rings is 1. The van der Waals surface area contributed by atoms with Gasteiger partial charge < -0.3 is 0 Å². The van der Waals surface area contributed by atoms with Crippen LogP contribution >= 0.6 is 34.2 Å². The standard InChI is InChI=1S/C15H11ClINO/c16-10-4-6-13(17)12(8-10)15(19)11-5-3-9-2-1-7-18-14(9)11/h1-2,4,6-8,11H,3,5H2. The van der Waals surface area contributed by atoms with Gasteiger partial charge in [-0.25, -0.2) is 0 Å². The maximum Gasteiger partial charge on any atom is 0.173 e. The molecule has 4 heteroatoms. The Morgan fingerprint density at radius 2 is 2.21 bits per heavy atom. The second-order valence-electron chi connectivity index (χ2n) is 4.63. The van der Waals surface area contributed by atoms with Gasteiger partial charge in [0.25, 0.3) is 0 Å². The van der Waals surface area contributed by atoms with E-state index in [-0.39, 0.29) is 11.7 Å². The molecule has 0 saturated carbocycles. The zero-order chi connectivity index (χ0) is 13.4. The van der Waals surface area contributed by atoms with Gasteiger partial charge in [-0.2, -0.15) is 0 Å². The second kappa shape index (κ2) is 5.21. The molecular formula is C15H11ClINO. The first kappa shape index (κ1) is 13.1. The van der Waals surface area contributed by atoms with Crippen LogP contribution in [0.4, 0.5) is 0 Å². The fourth-order valence-electron chi connectivity index (χ4n) is 2.54. The van der Waals surface area contributed by atoms with Crippen LogP contribution in [0.25, 0.3) is 0 Å². The summed E-state index contributed by atoms with van der Waals surface area (Å²) in [6, 6.07) is 9.42. The molecule has 1 aromatic carbocycles. The van der Waals surface area contributed by atoms with E-state index < -0.39 is 0 Å². The van der Waals surface area contributed by atoms with Gasteiger partial charge in [-0.05, 0) is 65.3 Å². The zero-order valence-electron chi connectivity index (χ0n) is 10.1. The lowest BCUT2D eigenvalue weighted by Gasteiger charge is -2.11. The number of halogens is 2. The van der Waals surface area contributed by atoms with Gasteiger partial charge in [0.1, 0.15) is 0 Å². The Morgan fingerprint density at radius 3 is 3.05 bits per heavy atom. The molecule has 1 aliphatic carbocycles. The van der Waals surface area contributed by atoms with E-state index in [0.717, 1.165) is 22.1 Å². The van der Waals surface area contributed by atoms with Crippen molar-refractivity contribution in [3.63, 3.8) is 0 Å². The SMILES string of the molecule is O=C(c1cc(Cl)ccc1I)C1CCc2cccnc21. The third-order valence-electron chi connectivity index (χ3n) is 3.47. The summed E-state index contributed by atoms with van der Waals surface area (Å²) >= 11 is 8.18. The van der Waals surface area contributed by atoms with Crippen molar-refractivity contribution < 1.29 is 4.79 Å². The lowest BCUT2D eigenvalue weighted by Crippen LogP contribution is -2.12. The van der Waals surface area contributed by atoms with Crippen molar-refractivity contribution in [3.8, 4) is 0 Å². The highest BCUT2D eigenvalue weighted by molar-refractivity contribution is 14.1. The predicted octanol–water partition coefficient (Wildman–Crippen LogP) is 4.25. The smallest absolute Gasteiger partial charge is 0.173 e. The number of fused-ring (bicyclic) bond motifs is 1. The van der Waals surface area contributed by atoms with Gasteiger partial charge >= 0.3 is 0 Å². The lowest BCUT2D eigenvalue weighted by molar-refractivity contribution is 0.0957. The van der Waals surface area contributed by atoms with Crippen molar-refractivity contribution in [2.24, 2.45) is 0 Å². The third-order valence-corrected chi connectivity index (χ3v) is 4.64. The molecule has 1 atom stereocenters. The van der Waals surface area contributed by atoms with Crippen LogP contribution in [0.3, 0.4) is 0 Å². The van der Waals surface area contributed by atoms with Gasteiger partial charge in [0.15, 0.2) is 5.78 Å². The molecule has 3 rings (SSSR count). The lowest BCUT2D eigenvalue weighted by atomic mass is 9.95. The number of benzene rings is 1. The molecule has 1 aliphatic rings. The first-order chi connectivity index (χ1) is 9.16. The fraction of sp³-hybridized carbons (Fsp3) is 0.200. The summed E-state index contributed by atoms with van der Waals surface area (Å²) in [5.41, 5.74) is 2.83. The van der Waals surface area contributed by atoms with E-state index in [4.69, 9.17) is 11.6 Å². The van der Waals surface area contributed by atoms with E-state index >= 15 is 0 Å². The molecule has 0 saturated heterocycles. The molecule has 1 aromatic heterocycles. The minimum absolute atomic E-state index is 0.122. The van der Waals surface area contributed by atoms with Crippen molar-refractivity contribution >= 4 is 40.0 Å². The van der Waals surface area contributed by atoms with E-state index in [1.54, 1.807) is 18.3 Å². The van der Waals surface area contributed by atoms with Crippen LogP contribution in [-0.4, -0.2) is 10.8 Å². The van der Waals surface area contributed by atoms with Crippen molar-refractivity contribution in [1.82, 2.24) is 4.98 Å². The van der Waals surface area contributed by atoms with Crippen molar-refractivity contribution in [3.05, 3.63) is 61.9 Å². The Bertz CT molecular complexity index is 656. The van der Waals surface area contributed by atoms with Crippen LogP contribution in [0.15, 0.2) is 36.5 Å². The van der Waals surface area contributed by atoms with E-state index in [1.165, 1.54) is 5.56 Å². The highest BCUT2D eigenvalue weighted by atomic mass is 127. The molecule has 1 unspecified atom stereocenters. The topological polar surface area (TPSA) is 30.0 Å². The van der Waals surface area contributed by atoms with Crippen molar-refractivity contribution in [2.75, 3.05) is 0 Å². The minimum Gasteiger partial charge on any atom is -0.293 e. The van der Waals surface area contributed by atoms with Gasteiger partial charge in [0.2, 0.25) is 0 Å². The number of ketones is 1. The Kier molecular flexibility index (Phi) is 3.58. The number of aromatic nitrogens is 1. The number of rotatable bonds is 2. The number of aryl methyl sites for hydroxylation is 1. The number of hydrogen-bond donors (Lipinski definition) is 0. The molecular weight excluding hydrogens is 373 g/mol. The summed E-state index contributed by atoms with van der Waals surface area (Å²) in [5, 5.41) is 0.600. The monoisotopic (exact) mass is 383 g/mol. The van der Waals surface area contributed by atoms with Crippen LogP contribution < -0.4 is 0 Å². The van der Waals surface area contributed by atoms with E-state index in [9.17, 15) is 4.79 Å². The first-order valence-electron chi connectivity index (χ1n) is 6.10. The molecule has 2 aromatic rings. The Hall–Kier alpha value is -0.940. The Morgan fingerprint density at radius 1 is 1.37 bits per heavy atom. The summed E-state index contributed by atoms with van der Waals surface area (Å²) in [6.45, 7) is 0. The first-order valence-corrected chi connectivity index (χ1v) is 7.55. The Labute approximate surface area is 130 Å². The van der Waals surface area contributed by atoms with Crippen LogP contribution in [0.5, 0.6) is 0 Å². The molecule has 0 amide bonds. The summed E-state index contributed by atoms with van der Waals surface area (Å²) < 4.78 is 0.941. The predicted molar refractivity (Wildman–Crippen MR) is 83.8 cm³/mol. The molecule has 0 bridgehead atoms. The molecule has 0 radical (unpaired) electrons.